The summed E-state index contributed by atoms with van der Waals surface area (Å²) < 4.78 is 24.2. The van der Waals surface area contributed by atoms with Crippen LogP contribution in [0.15, 0.2) is 59.5 Å². The van der Waals surface area contributed by atoms with Gasteiger partial charge in [-0.2, -0.15) is 0 Å². The largest absolute Gasteiger partial charge is 0.326 e. The number of aryl methyl sites for hydroxylation is 1. The molecule has 0 radical (unpaired) electrons. The third-order valence-electron chi connectivity index (χ3n) is 3.22. The minimum Gasteiger partial charge on any atom is -0.326 e. The molecule has 2 rings (SSSR count). The van der Waals surface area contributed by atoms with Gasteiger partial charge >= 0.3 is 0 Å². The molecule has 0 unspecified atom stereocenters. The predicted octanol–water partition coefficient (Wildman–Crippen LogP) is 3.19. The van der Waals surface area contributed by atoms with Crippen LogP contribution in [0.25, 0.3) is 0 Å². The maximum atomic E-state index is 12.1. The van der Waals surface area contributed by atoms with Crippen molar-refractivity contribution < 1.29 is 13.2 Å². The zero-order valence-electron chi connectivity index (χ0n) is 12.5. The number of anilines is 1. The Morgan fingerprint density at radius 1 is 1.05 bits per heavy atom. The van der Waals surface area contributed by atoms with Gasteiger partial charge in [0.2, 0.25) is 5.91 Å². The SMILES string of the molecule is Cc1cccc(NC(=O)CCCS(=O)(=O)c2ccccc2)c1. The normalized spacial score (nSPS) is 11.1. The van der Waals surface area contributed by atoms with Gasteiger partial charge in [-0.25, -0.2) is 8.42 Å². The van der Waals surface area contributed by atoms with Crippen LogP contribution in [0.5, 0.6) is 0 Å². The molecule has 2 aromatic carbocycles. The first-order valence-corrected chi connectivity index (χ1v) is 8.77. The molecule has 0 heterocycles. The Bertz CT molecular complexity index is 740. The van der Waals surface area contributed by atoms with E-state index in [4.69, 9.17) is 0 Å². The van der Waals surface area contributed by atoms with E-state index in [0.29, 0.717) is 11.3 Å². The van der Waals surface area contributed by atoms with E-state index in [-0.39, 0.29) is 18.1 Å². The zero-order valence-corrected chi connectivity index (χ0v) is 13.3. The molecule has 0 saturated heterocycles. The molecule has 22 heavy (non-hydrogen) atoms. The van der Waals surface area contributed by atoms with Gasteiger partial charge in [-0.15, -0.1) is 0 Å². The Hall–Kier alpha value is -2.14. The molecule has 1 amide bonds. The van der Waals surface area contributed by atoms with Crippen LogP contribution in [0.1, 0.15) is 18.4 Å². The monoisotopic (exact) mass is 317 g/mol. The van der Waals surface area contributed by atoms with Crippen LogP contribution >= 0.6 is 0 Å². The number of amides is 1. The van der Waals surface area contributed by atoms with Crippen molar-refractivity contribution in [2.75, 3.05) is 11.1 Å². The van der Waals surface area contributed by atoms with Gasteiger partial charge in [0.05, 0.1) is 10.6 Å². The lowest BCUT2D eigenvalue weighted by atomic mass is 10.2. The molecular weight excluding hydrogens is 298 g/mol. The van der Waals surface area contributed by atoms with Crippen LogP contribution in [0.4, 0.5) is 5.69 Å². The number of nitrogens with one attached hydrogen (secondary N) is 1. The number of benzene rings is 2. The average molecular weight is 317 g/mol. The van der Waals surface area contributed by atoms with E-state index in [0.717, 1.165) is 11.3 Å². The molecule has 0 saturated carbocycles. The lowest BCUT2D eigenvalue weighted by Crippen LogP contribution is -2.14. The van der Waals surface area contributed by atoms with Crippen LogP contribution < -0.4 is 5.32 Å². The number of carbonyl (C=O) groups excluding carboxylic acids is 1. The molecule has 0 fully saturated rings. The fraction of sp³-hybridized carbons (Fsp3) is 0.235. The summed E-state index contributed by atoms with van der Waals surface area (Å²) in [6, 6.07) is 15.8. The highest BCUT2D eigenvalue weighted by Crippen LogP contribution is 2.13. The van der Waals surface area contributed by atoms with E-state index >= 15 is 0 Å². The molecule has 0 aliphatic carbocycles. The average Bonchev–Trinajstić information content (AvgIpc) is 2.48. The number of sulfone groups is 1. The van der Waals surface area contributed by atoms with Crippen LogP contribution in [-0.4, -0.2) is 20.1 Å². The summed E-state index contributed by atoms with van der Waals surface area (Å²) in [6.07, 6.45) is 0.481. The lowest BCUT2D eigenvalue weighted by molar-refractivity contribution is -0.116. The topological polar surface area (TPSA) is 63.2 Å². The molecule has 0 aliphatic heterocycles. The standard InChI is InChI=1S/C17H19NO3S/c1-14-7-5-8-15(13-14)18-17(19)11-6-12-22(20,21)16-9-3-2-4-10-16/h2-5,7-10,13H,6,11-12H2,1H3,(H,18,19). The number of hydrogen-bond donors (Lipinski definition) is 1. The summed E-state index contributed by atoms with van der Waals surface area (Å²) in [5.74, 6) is -0.202. The maximum absolute atomic E-state index is 12.1. The van der Waals surface area contributed by atoms with Gasteiger partial charge in [-0.05, 0) is 43.2 Å². The van der Waals surface area contributed by atoms with Gasteiger partial charge in [-0.1, -0.05) is 30.3 Å². The summed E-state index contributed by atoms with van der Waals surface area (Å²) in [6.45, 7) is 1.95. The summed E-state index contributed by atoms with van der Waals surface area (Å²) in [7, 11) is -3.32. The van der Waals surface area contributed by atoms with Crippen molar-refractivity contribution in [2.45, 2.75) is 24.7 Å². The molecule has 0 bridgehead atoms. The predicted molar refractivity (Wildman–Crippen MR) is 87.5 cm³/mol. The van der Waals surface area contributed by atoms with E-state index < -0.39 is 9.84 Å². The molecule has 116 valence electrons. The molecule has 4 nitrogen and oxygen atoms in total. The second-order valence-corrected chi connectivity index (χ2v) is 7.26. The number of carbonyl (C=O) groups is 1. The van der Waals surface area contributed by atoms with Crippen LogP contribution in [-0.2, 0) is 14.6 Å². The van der Waals surface area contributed by atoms with E-state index in [1.807, 2.05) is 31.2 Å². The molecule has 0 atom stereocenters. The Morgan fingerprint density at radius 2 is 1.77 bits per heavy atom. The summed E-state index contributed by atoms with van der Waals surface area (Å²) in [4.78, 5) is 12.1. The van der Waals surface area contributed by atoms with Gasteiger partial charge in [0.15, 0.2) is 9.84 Å². The third-order valence-corrected chi connectivity index (χ3v) is 5.04. The van der Waals surface area contributed by atoms with E-state index in [1.165, 1.54) is 0 Å². The Labute approximate surface area is 131 Å². The minimum atomic E-state index is -3.32. The Morgan fingerprint density at radius 3 is 2.45 bits per heavy atom. The van der Waals surface area contributed by atoms with Crippen molar-refractivity contribution in [2.24, 2.45) is 0 Å². The first-order valence-electron chi connectivity index (χ1n) is 7.12. The Balaban J connectivity index is 1.85. The van der Waals surface area contributed by atoms with Crippen LogP contribution in [0, 0.1) is 6.92 Å². The molecular formula is C17H19NO3S. The maximum Gasteiger partial charge on any atom is 0.224 e. The van der Waals surface area contributed by atoms with E-state index in [1.54, 1.807) is 30.3 Å². The zero-order chi connectivity index (χ0) is 16.0. The summed E-state index contributed by atoms with van der Waals surface area (Å²) in [5, 5.41) is 2.78. The molecule has 1 N–H and O–H groups in total. The first kappa shape index (κ1) is 16.2. The Kier molecular flexibility index (Phi) is 5.33. The smallest absolute Gasteiger partial charge is 0.224 e. The van der Waals surface area contributed by atoms with Gasteiger partial charge in [0.25, 0.3) is 0 Å². The van der Waals surface area contributed by atoms with Crippen molar-refractivity contribution in [1.29, 1.82) is 0 Å². The van der Waals surface area contributed by atoms with Crippen molar-refractivity contribution in [3.05, 3.63) is 60.2 Å². The lowest BCUT2D eigenvalue weighted by Gasteiger charge is -2.07. The minimum absolute atomic E-state index is 0.0295. The van der Waals surface area contributed by atoms with Crippen LogP contribution in [0.3, 0.4) is 0 Å². The number of rotatable bonds is 6. The summed E-state index contributed by atoms with van der Waals surface area (Å²) >= 11 is 0. The van der Waals surface area contributed by atoms with Crippen molar-refractivity contribution in [1.82, 2.24) is 0 Å². The molecule has 2 aromatic rings. The quantitative estimate of drug-likeness (QED) is 0.890. The van der Waals surface area contributed by atoms with Crippen molar-refractivity contribution in [3.63, 3.8) is 0 Å². The fourth-order valence-electron chi connectivity index (χ4n) is 2.11. The first-order chi connectivity index (χ1) is 10.5. The van der Waals surface area contributed by atoms with Gasteiger partial charge < -0.3 is 5.32 Å². The van der Waals surface area contributed by atoms with Gasteiger partial charge in [0.1, 0.15) is 0 Å². The number of hydrogen-bond acceptors (Lipinski definition) is 3. The van der Waals surface area contributed by atoms with Crippen molar-refractivity contribution in [3.8, 4) is 0 Å². The highest BCUT2D eigenvalue weighted by Gasteiger charge is 2.14. The summed E-state index contributed by atoms with van der Waals surface area (Å²) in [5.41, 5.74) is 1.79. The second kappa shape index (κ2) is 7.22. The van der Waals surface area contributed by atoms with E-state index in [9.17, 15) is 13.2 Å². The van der Waals surface area contributed by atoms with Crippen molar-refractivity contribution >= 4 is 21.4 Å². The molecule has 0 aromatic heterocycles. The fourth-order valence-corrected chi connectivity index (χ4v) is 3.45. The molecule has 0 spiro atoms. The third kappa shape index (κ3) is 4.70. The molecule has 0 aliphatic rings. The van der Waals surface area contributed by atoms with Crippen LogP contribution in [0.2, 0.25) is 0 Å². The van der Waals surface area contributed by atoms with E-state index in [2.05, 4.69) is 5.32 Å². The molecule has 5 heteroatoms. The highest BCUT2D eigenvalue weighted by molar-refractivity contribution is 7.91. The van der Waals surface area contributed by atoms with Gasteiger partial charge in [-0.3, -0.25) is 4.79 Å². The highest BCUT2D eigenvalue weighted by atomic mass is 32.2. The van der Waals surface area contributed by atoms with Gasteiger partial charge in [0, 0.05) is 12.1 Å². The second-order valence-electron chi connectivity index (χ2n) is 5.15.